The highest BCUT2D eigenvalue weighted by molar-refractivity contribution is 5.85. The van der Waals surface area contributed by atoms with Crippen molar-refractivity contribution in [2.75, 3.05) is 18.0 Å². The third-order valence-corrected chi connectivity index (χ3v) is 3.08. The lowest BCUT2D eigenvalue weighted by Gasteiger charge is -2.36. The van der Waals surface area contributed by atoms with Gasteiger partial charge < -0.3 is 10.6 Å². The topological polar surface area (TPSA) is 65.9 Å². The molecule has 1 fully saturated rings. The van der Waals surface area contributed by atoms with Crippen LogP contribution in [0.1, 0.15) is 24.8 Å². The summed E-state index contributed by atoms with van der Waals surface area (Å²) in [5, 5.41) is 9.06. The van der Waals surface area contributed by atoms with Crippen molar-refractivity contribution in [2.45, 2.75) is 25.3 Å². The Morgan fingerprint density at radius 2 is 2.35 bits per heavy atom. The predicted octanol–water partition coefficient (Wildman–Crippen LogP) is 1.69. The number of pyridine rings is 1. The zero-order valence-electron chi connectivity index (χ0n) is 9.67. The molecular formula is C12H17ClN4. The molecule has 92 valence electrons. The van der Waals surface area contributed by atoms with Crippen molar-refractivity contribution in [3.63, 3.8) is 0 Å². The molecule has 17 heavy (non-hydrogen) atoms. The van der Waals surface area contributed by atoms with Crippen LogP contribution in [0.3, 0.4) is 0 Å². The number of nitrogens with two attached hydrogens (primary N) is 1. The molecule has 0 amide bonds. The molecule has 0 aliphatic carbocycles. The molecule has 0 bridgehead atoms. The molecule has 5 heteroatoms. The smallest absolute Gasteiger partial charge is 0.146 e. The molecular weight excluding hydrogens is 236 g/mol. The average Bonchev–Trinajstić information content (AvgIpc) is 2.38. The van der Waals surface area contributed by atoms with E-state index in [-0.39, 0.29) is 12.4 Å². The zero-order valence-corrected chi connectivity index (χ0v) is 10.5. The van der Waals surface area contributed by atoms with Gasteiger partial charge in [-0.25, -0.2) is 4.98 Å². The number of nitriles is 1. The average molecular weight is 253 g/mol. The first-order valence-electron chi connectivity index (χ1n) is 5.68. The number of aromatic nitrogens is 1. The molecule has 0 saturated carbocycles. The van der Waals surface area contributed by atoms with Gasteiger partial charge in [-0.3, -0.25) is 0 Å². The highest BCUT2D eigenvalue weighted by Gasteiger charge is 2.23. The van der Waals surface area contributed by atoms with Crippen LogP contribution in [-0.2, 0) is 0 Å². The first kappa shape index (κ1) is 13.8. The van der Waals surface area contributed by atoms with Crippen LogP contribution in [0, 0.1) is 11.3 Å². The van der Waals surface area contributed by atoms with Gasteiger partial charge >= 0.3 is 0 Å². The van der Waals surface area contributed by atoms with Crippen molar-refractivity contribution in [1.82, 2.24) is 4.98 Å². The predicted molar refractivity (Wildman–Crippen MR) is 70.2 cm³/mol. The summed E-state index contributed by atoms with van der Waals surface area (Å²) in [6, 6.07) is 6.13. The van der Waals surface area contributed by atoms with Gasteiger partial charge in [-0.15, -0.1) is 12.4 Å². The Balaban J connectivity index is 0.00000144. The van der Waals surface area contributed by atoms with Crippen molar-refractivity contribution >= 4 is 18.2 Å². The normalized spacial score (nSPS) is 19.3. The van der Waals surface area contributed by atoms with E-state index in [9.17, 15) is 0 Å². The molecule has 1 saturated heterocycles. The standard InChI is InChI=1S/C12H16N4.ClH/c13-8-10-4-3-6-15-12(10)16-7-2-1-5-11(16)9-14;/h3-4,6,11H,1-2,5,7,9,14H2;1H. The van der Waals surface area contributed by atoms with Gasteiger partial charge in [0.15, 0.2) is 0 Å². The SMILES string of the molecule is Cl.N#Cc1cccnc1N1CCCCC1CN. The van der Waals surface area contributed by atoms with Crippen molar-refractivity contribution < 1.29 is 0 Å². The van der Waals surface area contributed by atoms with Gasteiger partial charge in [0.1, 0.15) is 11.9 Å². The molecule has 1 atom stereocenters. The molecule has 1 aliphatic heterocycles. The minimum atomic E-state index is 0. The van der Waals surface area contributed by atoms with Crippen LogP contribution in [0.4, 0.5) is 5.82 Å². The maximum atomic E-state index is 9.06. The van der Waals surface area contributed by atoms with E-state index >= 15 is 0 Å². The van der Waals surface area contributed by atoms with E-state index in [2.05, 4.69) is 16.0 Å². The second kappa shape index (κ2) is 6.43. The third-order valence-electron chi connectivity index (χ3n) is 3.08. The quantitative estimate of drug-likeness (QED) is 0.870. The molecule has 0 spiro atoms. The van der Waals surface area contributed by atoms with Crippen LogP contribution in [0.2, 0.25) is 0 Å². The maximum absolute atomic E-state index is 9.06. The van der Waals surface area contributed by atoms with E-state index in [1.54, 1.807) is 12.3 Å². The van der Waals surface area contributed by atoms with E-state index in [0.29, 0.717) is 18.2 Å². The lowest BCUT2D eigenvalue weighted by atomic mass is 10.0. The van der Waals surface area contributed by atoms with Crippen LogP contribution in [0.15, 0.2) is 18.3 Å². The van der Waals surface area contributed by atoms with Gasteiger partial charge in [0.2, 0.25) is 0 Å². The molecule has 4 nitrogen and oxygen atoms in total. The first-order valence-corrected chi connectivity index (χ1v) is 5.68. The Morgan fingerprint density at radius 3 is 3.06 bits per heavy atom. The monoisotopic (exact) mass is 252 g/mol. The van der Waals surface area contributed by atoms with E-state index in [1.165, 1.54) is 6.42 Å². The number of nitrogens with zero attached hydrogens (tertiary/aromatic N) is 3. The number of anilines is 1. The summed E-state index contributed by atoms with van der Waals surface area (Å²) < 4.78 is 0. The second-order valence-electron chi connectivity index (χ2n) is 4.07. The Labute approximate surface area is 108 Å². The van der Waals surface area contributed by atoms with Crippen LogP contribution in [-0.4, -0.2) is 24.1 Å². The van der Waals surface area contributed by atoms with Gasteiger partial charge in [-0.1, -0.05) is 0 Å². The Kier molecular flexibility index (Phi) is 5.20. The van der Waals surface area contributed by atoms with E-state index in [4.69, 9.17) is 11.0 Å². The fourth-order valence-electron chi connectivity index (χ4n) is 2.24. The number of rotatable bonds is 2. The number of piperidine rings is 1. The molecule has 2 heterocycles. The Morgan fingerprint density at radius 1 is 1.53 bits per heavy atom. The van der Waals surface area contributed by atoms with Crippen molar-refractivity contribution in [3.05, 3.63) is 23.9 Å². The molecule has 2 rings (SSSR count). The van der Waals surface area contributed by atoms with Crippen molar-refractivity contribution in [2.24, 2.45) is 5.73 Å². The van der Waals surface area contributed by atoms with Gasteiger partial charge in [-0.2, -0.15) is 5.26 Å². The minimum Gasteiger partial charge on any atom is -0.351 e. The summed E-state index contributed by atoms with van der Waals surface area (Å²) in [4.78, 5) is 6.50. The molecule has 0 aromatic carbocycles. The Hall–Kier alpha value is -1.31. The van der Waals surface area contributed by atoms with Crippen LogP contribution >= 0.6 is 12.4 Å². The number of hydrogen-bond acceptors (Lipinski definition) is 4. The second-order valence-corrected chi connectivity index (χ2v) is 4.07. The molecule has 1 aromatic rings. The van der Waals surface area contributed by atoms with Gasteiger partial charge in [0.25, 0.3) is 0 Å². The van der Waals surface area contributed by atoms with Crippen LogP contribution < -0.4 is 10.6 Å². The van der Waals surface area contributed by atoms with Gasteiger partial charge in [0, 0.05) is 25.3 Å². The highest BCUT2D eigenvalue weighted by atomic mass is 35.5. The summed E-state index contributed by atoms with van der Waals surface area (Å²) >= 11 is 0. The maximum Gasteiger partial charge on any atom is 0.146 e. The minimum absolute atomic E-state index is 0. The largest absolute Gasteiger partial charge is 0.351 e. The summed E-state index contributed by atoms with van der Waals surface area (Å²) in [7, 11) is 0. The summed E-state index contributed by atoms with van der Waals surface area (Å²) in [5.41, 5.74) is 6.41. The molecule has 1 aliphatic rings. The fraction of sp³-hybridized carbons (Fsp3) is 0.500. The van der Waals surface area contributed by atoms with Crippen LogP contribution in [0.25, 0.3) is 0 Å². The third kappa shape index (κ3) is 2.87. The van der Waals surface area contributed by atoms with E-state index < -0.39 is 0 Å². The first-order chi connectivity index (χ1) is 7.86. The Bertz CT molecular complexity index is 402. The van der Waals surface area contributed by atoms with Gasteiger partial charge in [-0.05, 0) is 31.4 Å². The molecule has 2 N–H and O–H groups in total. The van der Waals surface area contributed by atoms with Crippen molar-refractivity contribution in [1.29, 1.82) is 5.26 Å². The van der Waals surface area contributed by atoms with E-state index in [1.807, 2.05) is 6.07 Å². The van der Waals surface area contributed by atoms with E-state index in [0.717, 1.165) is 25.2 Å². The number of hydrogen-bond donors (Lipinski definition) is 1. The fourth-order valence-corrected chi connectivity index (χ4v) is 2.24. The lowest BCUT2D eigenvalue weighted by molar-refractivity contribution is 0.462. The zero-order chi connectivity index (χ0) is 11.4. The van der Waals surface area contributed by atoms with Crippen LogP contribution in [0.5, 0.6) is 0 Å². The molecule has 1 aromatic heterocycles. The molecule has 0 radical (unpaired) electrons. The lowest BCUT2D eigenvalue weighted by Crippen LogP contribution is -2.44. The summed E-state index contributed by atoms with van der Waals surface area (Å²) in [5.74, 6) is 0.792. The highest BCUT2D eigenvalue weighted by Crippen LogP contribution is 2.24. The summed E-state index contributed by atoms with van der Waals surface area (Å²) in [6.07, 6.45) is 5.20. The van der Waals surface area contributed by atoms with Crippen molar-refractivity contribution in [3.8, 4) is 6.07 Å². The number of halogens is 1. The summed E-state index contributed by atoms with van der Waals surface area (Å²) in [6.45, 7) is 1.58. The van der Waals surface area contributed by atoms with Gasteiger partial charge in [0.05, 0.1) is 5.56 Å². The molecule has 1 unspecified atom stereocenters.